The smallest absolute Gasteiger partial charge is 0.341 e. The first kappa shape index (κ1) is 16.7. The summed E-state index contributed by atoms with van der Waals surface area (Å²) in [5.41, 5.74) is 4.45. The van der Waals surface area contributed by atoms with Crippen molar-refractivity contribution in [2.45, 2.75) is 37.8 Å². The van der Waals surface area contributed by atoms with Crippen LogP contribution in [0.5, 0.6) is 0 Å². The Balaban J connectivity index is 1.73. The van der Waals surface area contributed by atoms with Gasteiger partial charge < -0.3 is 20.3 Å². The summed E-state index contributed by atoms with van der Waals surface area (Å²) in [4.78, 5) is 25.6. The van der Waals surface area contributed by atoms with Crippen LogP contribution in [0.15, 0.2) is 17.1 Å². The normalized spacial score (nSPS) is 26.9. The number of aromatic carboxylic acids is 1. The molecule has 27 heavy (non-hydrogen) atoms. The number of fused-ring (bicyclic) bond motifs is 1. The average Bonchev–Trinajstić information content (AvgIpc) is 3.49. The molecule has 2 aromatic rings. The Morgan fingerprint density at radius 1 is 1.33 bits per heavy atom. The summed E-state index contributed by atoms with van der Waals surface area (Å²) >= 11 is 0. The molecule has 2 atom stereocenters. The lowest BCUT2D eigenvalue weighted by Crippen LogP contribution is -2.26. The van der Waals surface area contributed by atoms with Crippen LogP contribution in [0.2, 0.25) is 0 Å². The predicted molar refractivity (Wildman–Crippen MR) is 95.2 cm³/mol. The van der Waals surface area contributed by atoms with E-state index in [1.165, 1.54) is 10.8 Å². The molecule has 0 radical (unpaired) electrons. The Labute approximate surface area is 153 Å². The van der Waals surface area contributed by atoms with Gasteiger partial charge >= 0.3 is 5.97 Å². The number of halogens is 2. The van der Waals surface area contributed by atoms with E-state index in [1.54, 1.807) is 4.90 Å². The number of carbonyl (C=O) groups is 1. The van der Waals surface area contributed by atoms with Crippen molar-refractivity contribution in [3.8, 4) is 0 Å². The van der Waals surface area contributed by atoms with E-state index in [-0.39, 0.29) is 34.1 Å². The van der Waals surface area contributed by atoms with Crippen molar-refractivity contribution in [2.75, 3.05) is 18.0 Å². The lowest BCUT2D eigenvalue weighted by atomic mass is 10.1. The van der Waals surface area contributed by atoms with Gasteiger partial charge in [0.2, 0.25) is 5.43 Å². The van der Waals surface area contributed by atoms with Crippen molar-refractivity contribution < 1.29 is 18.7 Å². The van der Waals surface area contributed by atoms with Gasteiger partial charge in [-0.1, -0.05) is 0 Å². The summed E-state index contributed by atoms with van der Waals surface area (Å²) in [5, 5.41) is 9.06. The molecule has 8 heteroatoms. The van der Waals surface area contributed by atoms with Gasteiger partial charge in [0.15, 0.2) is 5.82 Å². The van der Waals surface area contributed by atoms with Crippen LogP contribution in [-0.2, 0) is 0 Å². The summed E-state index contributed by atoms with van der Waals surface area (Å²) in [5.74, 6) is -3.03. The summed E-state index contributed by atoms with van der Waals surface area (Å²) in [6.45, 7) is 1.00. The molecular weight excluding hydrogens is 356 g/mol. The fraction of sp³-hybridized carbons (Fsp3) is 0.474. The summed E-state index contributed by atoms with van der Waals surface area (Å²) in [6.07, 6.45) is 4.38. The molecular formula is C19H19F2N3O3. The van der Waals surface area contributed by atoms with Gasteiger partial charge in [-0.2, -0.15) is 0 Å². The SMILES string of the molecule is N[C@@H]1C[C@@]12CCN(c1c(F)cc3c(=O)c(C(=O)O)cn(C4CC4)c3c1F)C2. The van der Waals surface area contributed by atoms with Gasteiger partial charge in [-0.25, -0.2) is 13.6 Å². The number of anilines is 1. The second-order valence-electron chi connectivity index (χ2n) is 8.08. The number of benzene rings is 1. The maximum Gasteiger partial charge on any atom is 0.341 e. The molecule has 3 aliphatic rings. The predicted octanol–water partition coefficient (Wildman–Crippen LogP) is 2.24. The maximum atomic E-state index is 15.5. The van der Waals surface area contributed by atoms with Crippen molar-refractivity contribution in [3.05, 3.63) is 39.7 Å². The van der Waals surface area contributed by atoms with Crippen molar-refractivity contribution in [1.29, 1.82) is 0 Å². The van der Waals surface area contributed by atoms with E-state index in [0.29, 0.717) is 13.1 Å². The first-order valence-corrected chi connectivity index (χ1v) is 9.13. The third-order valence-electron chi connectivity index (χ3n) is 6.31. The molecule has 2 aliphatic carbocycles. The molecule has 2 heterocycles. The number of pyridine rings is 1. The fourth-order valence-electron chi connectivity index (χ4n) is 4.45. The minimum atomic E-state index is -1.40. The van der Waals surface area contributed by atoms with E-state index in [9.17, 15) is 19.1 Å². The van der Waals surface area contributed by atoms with Crippen molar-refractivity contribution in [1.82, 2.24) is 4.57 Å². The van der Waals surface area contributed by atoms with Crippen LogP contribution in [0.1, 0.15) is 42.1 Å². The third kappa shape index (κ3) is 2.32. The third-order valence-corrected chi connectivity index (χ3v) is 6.31. The van der Waals surface area contributed by atoms with Gasteiger partial charge in [-0.15, -0.1) is 0 Å². The Morgan fingerprint density at radius 3 is 2.59 bits per heavy atom. The van der Waals surface area contributed by atoms with Gasteiger partial charge in [0.25, 0.3) is 0 Å². The summed E-state index contributed by atoms with van der Waals surface area (Å²) in [6, 6.07) is 0.983. The highest BCUT2D eigenvalue weighted by molar-refractivity contribution is 5.94. The molecule has 1 saturated heterocycles. The lowest BCUT2D eigenvalue weighted by molar-refractivity contribution is 0.0695. The molecule has 5 rings (SSSR count). The first-order valence-electron chi connectivity index (χ1n) is 9.13. The quantitative estimate of drug-likeness (QED) is 0.859. The zero-order chi connectivity index (χ0) is 19.1. The van der Waals surface area contributed by atoms with Gasteiger partial charge in [-0.3, -0.25) is 4.79 Å². The van der Waals surface area contributed by atoms with E-state index in [4.69, 9.17) is 5.73 Å². The minimum Gasteiger partial charge on any atom is -0.477 e. The number of hydrogen-bond donors (Lipinski definition) is 2. The maximum absolute atomic E-state index is 15.5. The first-order chi connectivity index (χ1) is 12.8. The minimum absolute atomic E-state index is 0.00931. The molecule has 3 fully saturated rings. The topological polar surface area (TPSA) is 88.6 Å². The molecule has 3 N–H and O–H groups in total. The number of hydrogen-bond acceptors (Lipinski definition) is 4. The molecule has 142 valence electrons. The Kier molecular flexibility index (Phi) is 3.26. The highest BCUT2D eigenvalue weighted by Gasteiger charge is 2.56. The monoisotopic (exact) mass is 375 g/mol. The lowest BCUT2D eigenvalue weighted by Gasteiger charge is -2.22. The largest absolute Gasteiger partial charge is 0.477 e. The number of rotatable bonds is 3. The van der Waals surface area contributed by atoms with E-state index < -0.39 is 28.6 Å². The van der Waals surface area contributed by atoms with Gasteiger partial charge in [0.1, 0.15) is 17.1 Å². The molecule has 1 spiro atoms. The summed E-state index contributed by atoms with van der Waals surface area (Å²) < 4.78 is 31.8. The Hall–Kier alpha value is -2.48. The molecule has 2 saturated carbocycles. The molecule has 1 aliphatic heterocycles. The Bertz CT molecular complexity index is 1060. The van der Waals surface area contributed by atoms with Crippen LogP contribution in [0.3, 0.4) is 0 Å². The number of nitrogens with two attached hydrogens (primary N) is 1. The molecule has 1 aromatic carbocycles. The molecule has 0 bridgehead atoms. The number of nitrogens with zero attached hydrogens (tertiary/aromatic N) is 2. The number of aromatic nitrogens is 1. The van der Waals surface area contributed by atoms with E-state index in [0.717, 1.165) is 31.7 Å². The molecule has 6 nitrogen and oxygen atoms in total. The van der Waals surface area contributed by atoms with Crippen LogP contribution in [0.4, 0.5) is 14.5 Å². The number of carboxylic acids is 1. The highest BCUT2D eigenvalue weighted by atomic mass is 19.1. The fourth-order valence-corrected chi connectivity index (χ4v) is 4.45. The van der Waals surface area contributed by atoms with Crippen LogP contribution < -0.4 is 16.1 Å². The standard InChI is InChI=1S/C19H19F2N3O3/c20-12-5-10-15(24(9-1-2-9)7-11(17(10)25)18(26)27)14(21)16(12)23-4-3-19(8-23)6-13(19)22/h5,7,9,13H,1-4,6,8,22H2,(H,26,27)/t13-,19-/m1/s1. The van der Waals surface area contributed by atoms with Crippen LogP contribution in [-0.4, -0.2) is 34.8 Å². The van der Waals surface area contributed by atoms with Crippen molar-refractivity contribution in [3.63, 3.8) is 0 Å². The zero-order valence-corrected chi connectivity index (χ0v) is 14.5. The van der Waals surface area contributed by atoms with Crippen molar-refractivity contribution >= 4 is 22.6 Å². The second-order valence-corrected chi connectivity index (χ2v) is 8.08. The molecule has 0 unspecified atom stereocenters. The van der Waals surface area contributed by atoms with Crippen LogP contribution in [0, 0.1) is 17.0 Å². The van der Waals surface area contributed by atoms with E-state index in [2.05, 4.69) is 0 Å². The van der Waals surface area contributed by atoms with Gasteiger partial charge in [-0.05, 0) is 31.7 Å². The summed E-state index contributed by atoms with van der Waals surface area (Å²) in [7, 11) is 0. The van der Waals surface area contributed by atoms with Crippen LogP contribution >= 0.6 is 0 Å². The van der Waals surface area contributed by atoms with E-state index in [1.807, 2.05) is 0 Å². The van der Waals surface area contributed by atoms with Crippen LogP contribution in [0.25, 0.3) is 10.9 Å². The van der Waals surface area contributed by atoms with Crippen molar-refractivity contribution in [2.24, 2.45) is 11.1 Å². The Morgan fingerprint density at radius 2 is 2.04 bits per heavy atom. The van der Waals surface area contributed by atoms with Gasteiger partial charge in [0, 0.05) is 36.8 Å². The molecule has 1 aromatic heterocycles. The molecule has 0 amide bonds. The zero-order valence-electron chi connectivity index (χ0n) is 14.5. The van der Waals surface area contributed by atoms with E-state index >= 15 is 4.39 Å². The average molecular weight is 375 g/mol. The highest BCUT2D eigenvalue weighted by Crippen LogP contribution is 2.53. The number of carboxylic acid groups (broad SMARTS) is 1. The van der Waals surface area contributed by atoms with Gasteiger partial charge in [0.05, 0.1) is 10.9 Å². The second kappa shape index (κ2) is 5.28.